The van der Waals surface area contributed by atoms with Gasteiger partial charge in [-0.3, -0.25) is 0 Å². The third kappa shape index (κ3) is 0.954. The van der Waals surface area contributed by atoms with E-state index in [0.717, 1.165) is 5.56 Å². The molecule has 0 radical (unpaired) electrons. The molecule has 1 N–H and O–H groups in total. The molecule has 0 aliphatic rings. The van der Waals surface area contributed by atoms with Crippen LogP contribution < -0.4 is 0 Å². The lowest BCUT2D eigenvalue weighted by Gasteiger charge is -1.91. The molecule has 2 heterocycles. The third-order valence-corrected chi connectivity index (χ3v) is 1.87. The number of hydrogen-bond donors (Lipinski definition) is 1. The lowest BCUT2D eigenvalue weighted by molar-refractivity contribution is 0.424. The van der Waals surface area contributed by atoms with Gasteiger partial charge in [0.25, 0.3) is 0 Å². The van der Waals surface area contributed by atoms with Crippen molar-refractivity contribution in [3.8, 4) is 11.4 Å². The highest BCUT2D eigenvalue weighted by atomic mass is 16.5. The highest BCUT2D eigenvalue weighted by molar-refractivity contribution is 5.77. The van der Waals surface area contributed by atoms with Crippen molar-refractivity contribution in [1.29, 1.82) is 0 Å². The van der Waals surface area contributed by atoms with E-state index in [-0.39, 0.29) is 0 Å². The highest BCUT2D eigenvalue weighted by Crippen LogP contribution is 2.18. The van der Waals surface area contributed by atoms with E-state index in [1.807, 2.05) is 6.07 Å². The van der Waals surface area contributed by atoms with Gasteiger partial charge < -0.3 is 4.52 Å². The van der Waals surface area contributed by atoms with Gasteiger partial charge in [-0.1, -0.05) is 0 Å². The van der Waals surface area contributed by atoms with Gasteiger partial charge in [-0.15, -0.1) is 10.2 Å². The Hall–Kier alpha value is -2.31. The number of aromatic amines is 1. The number of fused-ring (bicyclic) bond motifs is 1. The minimum atomic E-state index is 0.593. The van der Waals surface area contributed by atoms with Crippen molar-refractivity contribution in [1.82, 2.24) is 31.0 Å². The molecule has 0 fully saturated rings. The van der Waals surface area contributed by atoms with Gasteiger partial charge in [-0.25, -0.2) is 5.10 Å². The molecule has 0 amide bonds. The van der Waals surface area contributed by atoms with Crippen LogP contribution in [0.4, 0.5) is 0 Å². The topological polar surface area (TPSA) is 93.4 Å². The zero-order chi connectivity index (χ0) is 9.38. The predicted molar refractivity (Wildman–Crippen MR) is 45.0 cm³/mol. The summed E-state index contributed by atoms with van der Waals surface area (Å²) in [6, 6.07) is 5.40. The van der Waals surface area contributed by atoms with E-state index >= 15 is 0 Å². The molecule has 0 atom stereocenters. The largest absolute Gasteiger partial charge is 0.337 e. The SMILES string of the molecule is c1cc2onnc2cc1-c1nnn[nH]1. The first-order valence-corrected chi connectivity index (χ1v) is 3.90. The van der Waals surface area contributed by atoms with Crippen molar-refractivity contribution in [2.24, 2.45) is 0 Å². The predicted octanol–water partition coefficient (Wildman–Crippen LogP) is 0.403. The number of benzene rings is 1. The van der Waals surface area contributed by atoms with Crippen molar-refractivity contribution in [2.45, 2.75) is 0 Å². The summed E-state index contributed by atoms with van der Waals surface area (Å²) < 4.78 is 4.87. The number of nitrogens with zero attached hydrogens (tertiary/aromatic N) is 5. The number of rotatable bonds is 1. The van der Waals surface area contributed by atoms with Crippen LogP contribution in [0.3, 0.4) is 0 Å². The van der Waals surface area contributed by atoms with E-state index in [1.54, 1.807) is 12.1 Å². The summed E-state index contributed by atoms with van der Waals surface area (Å²) in [5.74, 6) is 0.593. The van der Waals surface area contributed by atoms with Crippen LogP contribution in [-0.4, -0.2) is 31.0 Å². The fraction of sp³-hybridized carbons (Fsp3) is 0. The Morgan fingerprint density at radius 2 is 2.21 bits per heavy atom. The van der Waals surface area contributed by atoms with E-state index < -0.39 is 0 Å². The fourth-order valence-electron chi connectivity index (χ4n) is 1.21. The molecule has 3 aromatic rings. The molecule has 3 rings (SSSR count). The summed E-state index contributed by atoms with van der Waals surface area (Å²) in [6.07, 6.45) is 0. The van der Waals surface area contributed by atoms with Gasteiger partial charge in [-0.05, 0) is 28.6 Å². The molecule has 0 aliphatic carbocycles. The zero-order valence-electron chi connectivity index (χ0n) is 6.88. The van der Waals surface area contributed by atoms with Gasteiger partial charge >= 0.3 is 0 Å². The molecule has 14 heavy (non-hydrogen) atoms. The van der Waals surface area contributed by atoms with E-state index in [2.05, 4.69) is 31.0 Å². The van der Waals surface area contributed by atoms with Crippen molar-refractivity contribution >= 4 is 11.1 Å². The van der Waals surface area contributed by atoms with E-state index in [4.69, 9.17) is 4.52 Å². The van der Waals surface area contributed by atoms with E-state index in [9.17, 15) is 0 Å². The van der Waals surface area contributed by atoms with Crippen LogP contribution in [0.5, 0.6) is 0 Å². The monoisotopic (exact) mass is 188 g/mol. The number of aromatic nitrogens is 6. The van der Waals surface area contributed by atoms with Crippen LogP contribution in [0.25, 0.3) is 22.5 Å². The Bertz CT molecular complexity index is 556. The zero-order valence-corrected chi connectivity index (χ0v) is 6.88. The Morgan fingerprint density at radius 3 is 3.07 bits per heavy atom. The Morgan fingerprint density at radius 1 is 1.21 bits per heavy atom. The van der Waals surface area contributed by atoms with E-state index in [1.165, 1.54) is 0 Å². The van der Waals surface area contributed by atoms with Crippen LogP contribution >= 0.6 is 0 Å². The molecule has 0 saturated heterocycles. The van der Waals surface area contributed by atoms with Crippen molar-refractivity contribution in [3.63, 3.8) is 0 Å². The molecule has 1 aromatic carbocycles. The van der Waals surface area contributed by atoms with Gasteiger partial charge in [-0.2, -0.15) is 0 Å². The van der Waals surface area contributed by atoms with Crippen LogP contribution in [0.15, 0.2) is 22.7 Å². The first kappa shape index (κ1) is 7.13. The van der Waals surface area contributed by atoms with Gasteiger partial charge in [0.2, 0.25) is 0 Å². The lowest BCUT2D eigenvalue weighted by atomic mass is 10.2. The van der Waals surface area contributed by atoms with Crippen molar-refractivity contribution < 1.29 is 4.52 Å². The maximum Gasteiger partial charge on any atom is 0.187 e. The second-order valence-electron chi connectivity index (χ2n) is 2.71. The summed E-state index contributed by atoms with van der Waals surface area (Å²) in [7, 11) is 0. The quantitative estimate of drug-likeness (QED) is 0.594. The van der Waals surface area contributed by atoms with Gasteiger partial charge in [0.05, 0.1) is 0 Å². The van der Waals surface area contributed by atoms with E-state index in [0.29, 0.717) is 16.9 Å². The second-order valence-corrected chi connectivity index (χ2v) is 2.71. The Kier molecular flexibility index (Phi) is 1.32. The molecular weight excluding hydrogens is 184 g/mol. The number of nitrogens with one attached hydrogen (secondary N) is 1. The lowest BCUT2D eigenvalue weighted by Crippen LogP contribution is -1.80. The average Bonchev–Trinajstić information content (AvgIpc) is 2.88. The summed E-state index contributed by atoms with van der Waals surface area (Å²) in [6.45, 7) is 0. The molecule has 0 bridgehead atoms. The summed E-state index contributed by atoms with van der Waals surface area (Å²) >= 11 is 0. The molecule has 68 valence electrons. The van der Waals surface area contributed by atoms with Gasteiger partial charge in [0.15, 0.2) is 11.4 Å². The van der Waals surface area contributed by atoms with Crippen LogP contribution in [0, 0.1) is 0 Å². The molecule has 7 heteroatoms. The van der Waals surface area contributed by atoms with Gasteiger partial charge in [0, 0.05) is 10.8 Å². The third-order valence-electron chi connectivity index (χ3n) is 1.87. The number of H-pyrrole nitrogens is 1. The Labute approximate surface area is 77.1 Å². The Balaban J connectivity index is 2.23. The minimum absolute atomic E-state index is 0.593. The molecular formula is C7H4N6O. The molecule has 0 unspecified atom stereocenters. The van der Waals surface area contributed by atoms with Crippen molar-refractivity contribution in [3.05, 3.63) is 18.2 Å². The average molecular weight is 188 g/mol. The maximum atomic E-state index is 4.87. The smallest absolute Gasteiger partial charge is 0.187 e. The van der Waals surface area contributed by atoms with Gasteiger partial charge in [0.1, 0.15) is 5.52 Å². The first-order chi connectivity index (χ1) is 6.93. The van der Waals surface area contributed by atoms with Crippen LogP contribution in [0.2, 0.25) is 0 Å². The summed E-state index contributed by atoms with van der Waals surface area (Å²) in [4.78, 5) is 0. The molecule has 0 aliphatic heterocycles. The maximum absolute atomic E-state index is 4.87. The summed E-state index contributed by atoms with van der Waals surface area (Å²) in [5.41, 5.74) is 2.17. The second kappa shape index (κ2) is 2.59. The molecule has 7 nitrogen and oxygen atoms in total. The molecule has 0 spiro atoms. The number of hydrogen-bond acceptors (Lipinski definition) is 6. The molecule has 2 aromatic heterocycles. The highest BCUT2D eigenvalue weighted by Gasteiger charge is 2.05. The van der Waals surface area contributed by atoms with Crippen molar-refractivity contribution in [2.75, 3.05) is 0 Å². The molecule has 0 saturated carbocycles. The first-order valence-electron chi connectivity index (χ1n) is 3.90. The standard InChI is InChI=1S/C7H4N6O/c1-2-6-5(8-13-14-6)3-4(1)7-9-11-12-10-7/h1-3H,(H,9,10,11,12). The number of tetrazole rings is 1. The normalized spacial score (nSPS) is 10.9. The minimum Gasteiger partial charge on any atom is -0.337 e. The fourth-order valence-corrected chi connectivity index (χ4v) is 1.21. The van der Waals surface area contributed by atoms with Crippen LogP contribution in [-0.2, 0) is 0 Å². The summed E-state index contributed by atoms with van der Waals surface area (Å²) in [5, 5.41) is 20.6. The van der Waals surface area contributed by atoms with Crippen LogP contribution in [0.1, 0.15) is 0 Å².